The summed E-state index contributed by atoms with van der Waals surface area (Å²) < 4.78 is 39.0. The van der Waals surface area contributed by atoms with Crippen LogP contribution < -0.4 is 21.7 Å². The predicted octanol–water partition coefficient (Wildman–Crippen LogP) is 4.36. The third-order valence-electron chi connectivity index (χ3n) is 3.84. The number of nitrogens with one attached hydrogen (secondary N) is 2. The lowest BCUT2D eigenvalue weighted by Crippen LogP contribution is -2.36. The predicted molar refractivity (Wildman–Crippen MR) is 109 cm³/mol. The van der Waals surface area contributed by atoms with Gasteiger partial charge in [-0.1, -0.05) is 34.8 Å². The molecule has 0 saturated carbocycles. The van der Waals surface area contributed by atoms with Gasteiger partial charge in [0, 0.05) is 24.3 Å². The van der Waals surface area contributed by atoms with E-state index in [1.807, 2.05) is 0 Å². The number of benzene rings is 1. The third kappa shape index (κ3) is 4.55. The summed E-state index contributed by atoms with van der Waals surface area (Å²) in [6.45, 7) is 0. The summed E-state index contributed by atoms with van der Waals surface area (Å²) in [5.74, 6) is -0.109. The van der Waals surface area contributed by atoms with Crippen molar-refractivity contribution in [2.45, 2.75) is 6.18 Å². The fourth-order valence-electron chi connectivity index (χ4n) is 2.51. The summed E-state index contributed by atoms with van der Waals surface area (Å²) in [5.41, 5.74) is 0.206. The van der Waals surface area contributed by atoms with E-state index in [0.29, 0.717) is 17.3 Å². The average molecular weight is 481 g/mol. The van der Waals surface area contributed by atoms with E-state index >= 15 is 0 Å². The lowest BCUT2D eigenvalue weighted by molar-refractivity contribution is -0.137. The van der Waals surface area contributed by atoms with Crippen LogP contribution in [-0.4, -0.2) is 21.6 Å². The molecule has 2 N–H and O–H groups in total. The summed E-state index contributed by atoms with van der Waals surface area (Å²) in [6, 6.07) is 6.02. The van der Waals surface area contributed by atoms with Crippen molar-refractivity contribution < 1.29 is 13.2 Å². The second-order valence-electron chi connectivity index (χ2n) is 5.96. The van der Waals surface area contributed by atoms with Crippen LogP contribution in [0.2, 0.25) is 15.1 Å². The van der Waals surface area contributed by atoms with E-state index in [0.717, 1.165) is 15.6 Å². The monoisotopic (exact) mass is 479 g/mol. The minimum Gasteiger partial charge on any atom is -0.292 e. The molecule has 3 rings (SSSR count). The Morgan fingerprint density at radius 3 is 2.37 bits per heavy atom. The highest BCUT2D eigenvalue weighted by atomic mass is 35.5. The summed E-state index contributed by atoms with van der Waals surface area (Å²) in [5, 5.41) is 1.28. The molecule has 3 aromatic rings. The van der Waals surface area contributed by atoms with Gasteiger partial charge in [-0.15, -0.1) is 0 Å². The largest absolute Gasteiger partial charge is 0.417 e. The molecule has 30 heavy (non-hydrogen) atoms. The third-order valence-corrected chi connectivity index (χ3v) is 4.65. The molecule has 0 radical (unpaired) electrons. The van der Waals surface area contributed by atoms with Gasteiger partial charge >= 0.3 is 11.9 Å². The molecule has 0 unspecified atom stereocenters. The van der Waals surface area contributed by atoms with Crippen LogP contribution in [0.5, 0.6) is 0 Å². The highest BCUT2D eigenvalue weighted by Crippen LogP contribution is 2.33. The van der Waals surface area contributed by atoms with Gasteiger partial charge in [-0.2, -0.15) is 13.2 Å². The maximum Gasteiger partial charge on any atom is 0.417 e. The maximum absolute atomic E-state index is 12.7. The van der Waals surface area contributed by atoms with Crippen LogP contribution in [0.1, 0.15) is 5.56 Å². The number of aromatic nitrogens is 3. The first-order chi connectivity index (χ1) is 14.0. The SMILES string of the molecule is CN(Nc1cc(=O)n(-c2ccc(Cl)cc2Cl)c(=O)[nH]1)c1ncc(C(F)(F)F)cc1Cl. The van der Waals surface area contributed by atoms with Crippen molar-refractivity contribution in [3.63, 3.8) is 0 Å². The highest BCUT2D eigenvalue weighted by Gasteiger charge is 2.32. The molecule has 0 atom stereocenters. The lowest BCUT2D eigenvalue weighted by Gasteiger charge is -2.21. The van der Waals surface area contributed by atoms with Gasteiger partial charge < -0.3 is 0 Å². The molecular formula is C17H11Cl3F3N5O2. The van der Waals surface area contributed by atoms with Gasteiger partial charge in [-0.05, 0) is 24.3 Å². The standard InChI is InChI=1S/C17H11Cl3F3N5O2/c1-27(15-11(20)4-8(7-24-15)17(21,22)23)26-13-6-14(29)28(16(30)25-13)12-3-2-9(18)5-10(12)19/h2-7,26H,1H3,(H,25,30). The van der Waals surface area contributed by atoms with Gasteiger partial charge in [-0.25, -0.2) is 14.3 Å². The van der Waals surface area contributed by atoms with Crippen LogP contribution in [-0.2, 0) is 6.18 Å². The van der Waals surface area contributed by atoms with Gasteiger partial charge in [0.05, 0.1) is 21.3 Å². The van der Waals surface area contributed by atoms with E-state index in [1.165, 1.54) is 25.2 Å². The van der Waals surface area contributed by atoms with Crippen molar-refractivity contribution >= 4 is 46.4 Å². The quantitative estimate of drug-likeness (QED) is 0.542. The number of hydrogen-bond acceptors (Lipinski definition) is 5. The molecule has 0 amide bonds. The number of hydrazine groups is 1. The number of halogens is 6. The topological polar surface area (TPSA) is 83.0 Å². The lowest BCUT2D eigenvalue weighted by atomic mass is 10.3. The maximum atomic E-state index is 12.7. The van der Waals surface area contributed by atoms with Crippen molar-refractivity contribution in [3.05, 3.63) is 78.0 Å². The molecule has 2 aromatic heterocycles. The van der Waals surface area contributed by atoms with Crippen molar-refractivity contribution in [3.8, 4) is 5.69 Å². The number of aromatic amines is 1. The first-order valence-electron chi connectivity index (χ1n) is 8.02. The first kappa shape index (κ1) is 22.0. The zero-order valence-electron chi connectivity index (χ0n) is 14.9. The molecule has 0 spiro atoms. The van der Waals surface area contributed by atoms with Crippen LogP contribution in [0, 0.1) is 0 Å². The van der Waals surface area contributed by atoms with Crippen LogP contribution in [0.4, 0.5) is 24.8 Å². The molecule has 2 heterocycles. The Bertz CT molecular complexity index is 1200. The van der Waals surface area contributed by atoms with Gasteiger partial charge in [0.25, 0.3) is 5.56 Å². The first-order valence-corrected chi connectivity index (χ1v) is 9.15. The number of alkyl halides is 3. The molecule has 0 fully saturated rings. The van der Waals surface area contributed by atoms with Crippen LogP contribution in [0.15, 0.2) is 46.1 Å². The van der Waals surface area contributed by atoms with Gasteiger partial charge in [0.15, 0.2) is 5.82 Å². The minimum atomic E-state index is -4.60. The second kappa shape index (κ2) is 8.21. The van der Waals surface area contributed by atoms with Gasteiger partial charge in [-0.3, -0.25) is 20.2 Å². The molecule has 0 aliphatic carbocycles. The van der Waals surface area contributed by atoms with Crippen LogP contribution in [0.3, 0.4) is 0 Å². The molecule has 0 aliphatic heterocycles. The van der Waals surface area contributed by atoms with E-state index in [2.05, 4.69) is 15.4 Å². The number of H-pyrrole nitrogens is 1. The second-order valence-corrected chi connectivity index (χ2v) is 7.21. The number of nitrogens with zero attached hydrogens (tertiary/aromatic N) is 3. The molecule has 0 aliphatic rings. The van der Waals surface area contributed by atoms with Crippen molar-refractivity contribution in [1.29, 1.82) is 0 Å². The molecule has 13 heteroatoms. The number of pyridine rings is 1. The molecule has 0 saturated heterocycles. The Labute approximate surface area is 181 Å². The van der Waals surface area contributed by atoms with Gasteiger partial charge in [0.1, 0.15) is 5.82 Å². The number of anilines is 2. The van der Waals surface area contributed by atoms with Crippen molar-refractivity contribution in [2.24, 2.45) is 0 Å². The Morgan fingerprint density at radius 2 is 1.80 bits per heavy atom. The Balaban J connectivity index is 1.91. The van der Waals surface area contributed by atoms with Crippen LogP contribution >= 0.6 is 34.8 Å². The van der Waals surface area contributed by atoms with E-state index in [1.54, 1.807) is 0 Å². The van der Waals surface area contributed by atoms with Gasteiger partial charge in [0.2, 0.25) is 0 Å². The Hall–Kier alpha value is -2.69. The summed E-state index contributed by atoms with van der Waals surface area (Å²) in [7, 11) is 1.39. The number of rotatable bonds is 4. The Kier molecular flexibility index (Phi) is 6.02. The fraction of sp³-hybridized carbons (Fsp3) is 0.118. The molecular weight excluding hydrogens is 470 g/mol. The van der Waals surface area contributed by atoms with Crippen molar-refractivity contribution in [2.75, 3.05) is 17.5 Å². The van der Waals surface area contributed by atoms with Crippen molar-refractivity contribution in [1.82, 2.24) is 14.5 Å². The normalized spacial score (nSPS) is 11.4. The molecule has 158 valence electrons. The Morgan fingerprint density at radius 1 is 1.10 bits per heavy atom. The highest BCUT2D eigenvalue weighted by molar-refractivity contribution is 6.35. The van der Waals surface area contributed by atoms with Crippen LogP contribution in [0.25, 0.3) is 5.69 Å². The average Bonchev–Trinajstić information content (AvgIpc) is 2.62. The van der Waals surface area contributed by atoms with E-state index < -0.39 is 23.0 Å². The minimum absolute atomic E-state index is 0.0494. The fourth-order valence-corrected chi connectivity index (χ4v) is 3.30. The number of hydrogen-bond donors (Lipinski definition) is 2. The molecule has 7 nitrogen and oxygen atoms in total. The smallest absolute Gasteiger partial charge is 0.292 e. The van der Waals surface area contributed by atoms with E-state index in [4.69, 9.17) is 34.8 Å². The summed E-state index contributed by atoms with van der Waals surface area (Å²) in [6.07, 6.45) is -3.98. The van der Waals surface area contributed by atoms with E-state index in [-0.39, 0.29) is 27.4 Å². The zero-order chi connectivity index (χ0) is 22.2. The summed E-state index contributed by atoms with van der Waals surface area (Å²) >= 11 is 17.8. The molecule has 0 bridgehead atoms. The van der Waals surface area contributed by atoms with E-state index in [9.17, 15) is 22.8 Å². The molecule has 1 aromatic carbocycles. The zero-order valence-corrected chi connectivity index (χ0v) is 17.2. The summed E-state index contributed by atoms with van der Waals surface area (Å²) in [4.78, 5) is 31.0.